The van der Waals surface area contributed by atoms with E-state index in [1.807, 2.05) is 49.6 Å². The van der Waals surface area contributed by atoms with Crippen molar-refractivity contribution in [3.8, 4) is 5.75 Å². The molecule has 0 unspecified atom stereocenters. The number of hydrazine groups is 2. The largest absolute Gasteiger partial charge is 0.489 e. The summed E-state index contributed by atoms with van der Waals surface area (Å²) in [5, 5.41) is 0.970. The summed E-state index contributed by atoms with van der Waals surface area (Å²) < 4.78 is 6.81. The Kier molecular flexibility index (Phi) is 5.59. The number of ether oxygens (including phenoxy) is 1. The smallest absolute Gasteiger partial charge is 0.350 e. The van der Waals surface area contributed by atoms with Gasteiger partial charge in [-0.05, 0) is 49.2 Å². The van der Waals surface area contributed by atoms with Crippen LogP contribution in [-0.2, 0) is 6.61 Å². The van der Waals surface area contributed by atoms with E-state index in [1.165, 1.54) is 0 Å². The standard InChI is InChI=1S/C16H19BrN4O2/c1-10-6-12(17)8-13(7-10)23-9-14-11(2)4-3-5-15(14)21(19)16(22)20-18/h3-8H,9,18-19H2,1-2H3,(H,20,22). The van der Waals surface area contributed by atoms with E-state index in [0.29, 0.717) is 5.69 Å². The Morgan fingerprint density at radius 1 is 1.30 bits per heavy atom. The van der Waals surface area contributed by atoms with Crippen LogP contribution in [0.2, 0.25) is 0 Å². The molecule has 5 N–H and O–H groups in total. The summed E-state index contributed by atoms with van der Waals surface area (Å²) >= 11 is 3.44. The molecule has 2 aromatic carbocycles. The Bertz CT molecular complexity index is 701. The van der Waals surface area contributed by atoms with Crippen molar-refractivity contribution in [3.63, 3.8) is 0 Å². The summed E-state index contributed by atoms with van der Waals surface area (Å²) in [6.07, 6.45) is 0. The molecule has 6 nitrogen and oxygen atoms in total. The summed E-state index contributed by atoms with van der Waals surface area (Å²) in [5.41, 5.74) is 5.42. The van der Waals surface area contributed by atoms with Gasteiger partial charge in [-0.2, -0.15) is 0 Å². The van der Waals surface area contributed by atoms with Gasteiger partial charge in [-0.3, -0.25) is 5.43 Å². The highest BCUT2D eigenvalue weighted by molar-refractivity contribution is 9.10. The Hall–Kier alpha value is -2.09. The average Bonchev–Trinajstić information content (AvgIpc) is 2.51. The number of anilines is 1. The average molecular weight is 379 g/mol. The zero-order chi connectivity index (χ0) is 17.0. The zero-order valence-electron chi connectivity index (χ0n) is 13.0. The molecule has 0 spiro atoms. The third-order valence-corrected chi connectivity index (χ3v) is 3.84. The fourth-order valence-electron chi connectivity index (χ4n) is 2.22. The number of carbonyl (C=O) groups is 1. The number of benzene rings is 2. The van der Waals surface area contributed by atoms with Crippen molar-refractivity contribution in [2.75, 3.05) is 5.01 Å². The van der Waals surface area contributed by atoms with Gasteiger partial charge in [-0.1, -0.05) is 28.1 Å². The van der Waals surface area contributed by atoms with Gasteiger partial charge in [-0.25, -0.2) is 21.5 Å². The third kappa shape index (κ3) is 4.22. The van der Waals surface area contributed by atoms with Crippen LogP contribution in [0, 0.1) is 13.8 Å². The zero-order valence-corrected chi connectivity index (χ0v) is 14.6. The van der Waals surface area contributed by atoms with Crippen LogP contribution < -0.4 is 26.9 Å². The second-order valence-electron chi connectivity index (χ2n) is 5.15. The Morgan fingerprint density at radius 2 is 2.04 bits per heavy atom. The van der Waals surface area contributed by atoms with Gasteiger partial charge < -0.3 is 4.74 Å². The lowest BCUT2D eigenvalue weighted by Gasteiger charge is -2.21. The SMILES string of the molecule is Cc1cc(Br)cc(OCc2c(C)cccc2N(N)C(=O)NN)c1. The molecule has 0 aliphatic heterocycles. The van der Waals surface area contributed by atoms with Gasteiger partial charge in [0, 0.05) is 10.0 Å². The Labute approximate surface area is 143 Å². The molecular weight excluding hydrogens is 360 g/mol. The van der Waals surface area contributed by atoms with E-state index >= 15 is 0 Å². The second-order valence-corrected chi connectivity index (χ2v) is 6.06. The summed E-state index contributed by atoms with van der Waals surface area (Å²) in [6, 6.07) is 10.7. The summed E-state index contributed by atoms with van der Waals surface area (Å²) in [5.74, 6) is 11.7. The van der Waals surface area contributed by atoms with E-state index < -0.39 is 6.03 Å². The molecule has 0 aromatic heterocycles. The molecule has 7 heteroatoms. The summed E-state index contributed by atoms with van der Waals surface area (Å²) in [6.45, 7) is 4.20. The highest BCUT2D eigenvalue weighted by Gasteiger charge is 2.16. The summed E-state index contributed by atoms with van der Waals surface area (Å²) in [4.78, 5) is 11.7. The topological polar surface area (TPSA) is 93.6 Å². The van der Waals surface area contributed by atoms with Gasteiger partial charge in [0.05, 0.1) is 5.69 Å². The molecule has 0 radical (unpaired) electrons. The predicted molar refractivity (Wildman–Crippen MR) is 93.8 cm³/mol. The van der Waals surface area contributed by atoms with Crippen molar-refractivity contribution in [2.24, 2.45) is 11.7 Å². The number of nitrogens with zero attached hydrogens (tertiary/aromatic N) is 1. The lowest BCUT2D eigenvalue weighted by Crippen LogP contribution is -2.48. The van der Waals surface area contributed by atoms with Crippen molar-refractivity contribution in [3.05, 3.63) is 57.6 Å². The van der Waals surface area contributed by atoms with Crippen LogP contribution >= 0.6 is 15.9 Å². The molecule has 122 valence electrons. The first kappa shape index (κ1) is 17.3. The highest BCUT2D eigenvalue weighted by atomic mass is 79.9. The molecule has 0 atom stereocenters. The molecular formula is C16H19BrN4O2. The molecule has 0 aliphatic rings. The molecule has 2 rings (SSSR count). The normalized spacial score (nSPS) is 10.3. The van der Waals surface area contributed by atoms with E-state index in [1.54, 1.807) is 6.07 Å². The van der Waals surface area contributed by atoms with Gasteiger partial charge in [0.1, 0.15) is 12.4 Å². The molecule has 23 heavy (non-hydrogen) atoms. The lowest BCUT2D eigenvalue weighted by molar-refractivity contribution is 0.246. The van der Waals surface area contributed by atoms with Gasteiger partial charge in [0.15, 0.2) is 0 Å². The van der Waals surface area contributed by atoms with Crippen LogP contribution in [-0.4, -0.2) is 6.03 Å². The lowest BCUT2D eigenvalue weighted by atomic mass is 10.1. The van der Waals surface area contributed by atoms with Gasteiger partial charge >= 0.3 is 6.03 Å². The minimum absolute atomic E-state index is 0.281. The fraction of sp³-hybridized carbons (Fsp3) is 0.188. The van der Waals surface area contributed by atoms with E-state index in [4.69, 9.17) is 16.4 Å². The number of hydrogen-bond acceptors (Lipinski definition) is 4. The van der Waals surface area contributed by atoms with Crippen LogP contribution in [0.15, 0.2) is 40.9 Å². The maximum Gasteiger partial charge on any atom is 0.350 e. The first-order chi connectivity index (χ1) is 10.9. The molecule has 2 aromatic rings. The molecule has 0 bridgehead atoms. The van der Waals surface area contributed by atoms with Crippen LogP contribution in [0.25, 0.3) is 0 Å². The molecule has 0 aliphatic carbocycles. The predicted octanol–water partition coefficient (Wildman–Crippen LogP) is 2.91. The number of urea groups is 1. The van der Waals surface area contributed by atoms with Crippen molar-refractivity contribution < 1.29 is 9.53 Å². The van der Waals surface area contributed by atoms with Gasteiger partial charge in [0.25, 0.3) is 0 Å². The minimum atomic E-state index is -0.602. The Balaban J connectivity index is 2.27. The number of rotatable bonds is 4. The van der Waals surface area contributed by atoms with Crippen molar-refractivity contribution in [1.82, 2.24) is 5.43 Å². The second kappa shape index (κ2) is 7.45. The van der Waals surface area contributed by atoms with Crippen LogP contribution in [0.3, 0.4) is 0 Å². The number of halogens is 1. The molecule has 0 fully saturated rings. The van der Waals surface area contributed by atoms with E-state index in [2.05, 4.69) is 15.9 Å². The highest BCUT2D eigenvalue weighted by Crippen LogP contribution is 2.26. The van der Waals surface area contributed by atoms with Crippen molar-refractivity contribution in [1.29, 1.82) is 0 Å². The number of amides is 2. The maximum atomic E-state index is 11.7. The van der Waals surface area contributed by atoms with Crippen molar-refractivity contribution in [2.45, 2.75) is 20.5 Å². The first-order valence-electron chi connectivity index (χ1n) is 6.96. The Morgan fingerprint density at radius 3 is 2.70 bits per heavy atom. The molecule has 0 heterocycles. The van der Waals surface area contributed by atoms with E-state index in [-0.39, 0.29) is 6.61 Å². The fourth-order valence-corrected chi connectivity index (χ4v) is 2.81. The maximum absolute atomic E-state index is 11.7. The van der Waals surface area contributed by atoms with Gasteiger partial charge in [-0.15, -0.1) is 0 Å². The van der Waals surface area contributed by atoms with E-state index in [0.717, 1.165) is 31.9 Å². The number of carbonyl (C=O) groups excluding carboxylic acids is 1. The quantitative estimate of drug-likeness (QED) is 0.433. The number of aryl methyl sites for hydroxylation is 2. The summed E-state index contributed by atoms with van der Waals surface area (Å²) in [7, 11) is 0. The number of nitrogens with one attached hydrogen (secondary N) is 1. The van der Waals surface area contributed by atoms with Crippen LogP contribution in [0.5, 0.6) is 5.75 Å². The van der Waals surface area contributed by atoms with Crippen LogP contribution in [0.4, 0.5) is 10.5 Å². The minimum Gasteiger partial charge on any atom is -0.489 e. The molecule has 0 saturated heterocycles. The van der Waals surface area contributed by atoms with Crippen molar-refractivity contribution >= 4 is 27.6 Å². The van der Waals surface area contributed by atoms with Gasteiger partial charge in [0.2, 0.25) is 0 Å². The third-order valence-electron chi connectivity index (χ3n) is 3.39. The number of hydrogen-bond donors (Lipinski definition) is 3. The monoisotopic (exact) mass is 378 g/mol. The number of nitrogens with two attached hydrogens (primary N) is 2. The van der Waals surface area contributed by atoms with E-state index in [9.17, 15) is 4.79 Å². The molecule has 0 saturated carbocycles. The first-order valence-corrected chi connectivity index (χ1v) is 7.75. The van der Waals surface area contributed by atoms with Crippen LogP contribution in [0.1, 0.15) is 16.7 Å². The molecule has 2 amide bonds.